The lowest BCUT2D eigenvalue weighted by atomic mass is 10.1. The van der Waals surface area contributed by atoms with E-state index in [-0.39, 0.29) is 6.54 Å². The lowest BCUT2D eigenvalue weighted by Crippen LogP contribution is -2.54. The first-order chi connectivity index (χ1) is 15.6. The molecule has 34 heavy (non-hydrogen) atoms. The summed E-state index contributed by atoms with van der Waals surface area (Å²) in [4.78, 5) is 27.8. The van der Waals surface area contributed by atoms with E-state index in [1.807, 2.05) is 20.8 Å². The van der Waals surface area contributed by atoms with Crippen LogP contribution in [0, 0.1) is 0 Å². The van der Waals surface area contributed by atoms with Crippen LogP contribution in [0.2, 0.25) is 10.0 Å². The van der Waals surface area contributed by atoms with Crippen molar-refractivity contribution in [2.45, 2.75) is 45.8 Å². The van der Waals surface area contributed by atoms with Crippen molar-refractivity contribution < 1.29 is 18.0 Å². The first-order valence-electron chi connectivity index (χ1n) is 10.4. The Hall–Kier alpha value is -1.81. The SMILES string of the molecule is CC(C(=O)NC(C)(C)C)N(Cc1c(Cl)cccc1Cl)C(=O)CN(c1ccc(Br)cc1)S(C)(=O)=O. The number of hydrogen-bond acceptors (Lipinski definition) is 4. The summed E-state index contributed by atoms with van der Waals surface area (Å²) < 4.78 is 26.9. The van der Waals surface area contributed by atoms with E-state index < -0.39 is 40.0 Å². The number of benzene rings is 2. The van der Waals surface area contributed by atoms with Gasteiger partial charge in [-0.2, -0.15) is 0 Å². The van der Waals surface area contributed by atoms with Crippen LogP contribution in [0.3, 0.4) is 0 Å². The Balaban J connectivity index is 2.46. The minimum absolute atomic E-state index is 0.0754. The summed E-state index contributed by atoms with van der Waals surface area (Å²) in [7, 11) is -3.81. The van der Waals surface area contributed by atoms with Gasteiger partial charge < -0.3 is 10.2 Å². The van der Waals surface area contributed by atoms with Crippen molar-refractivity contribution in [3.63, 3.8) is 0 Å². The molecule has 11 heteroatoms. The number of halogens is 3. The van der Waals surface area contributed by atoms with Crippen LogP contribution < -0.4 is 9.62 Å². The maximum atomic E-state index is 13.5. The van der Waals surface area contributed by atoms with Crippen molar-refractivity contribution in [3.05, 3.63) is 62.5 Å². The molecule has 2 aromatic rings. The summed E-state index contributed by atoms with van der Waals surface area (Å²) >= 11 is 16.0. The summed E-state index contributed by atoms with van der Waals surface area (Å²) in [6.07, 6.45) is 1.02. The lowest BCUT2D eigenvalue weighted by molar-refractivity contribution is -0.140. The van der Waals surface area contributed by atoms with Crippen molar-refractivity contribution >= 4 is 66.7 Å². The molecule has 7 nitrogen and oxygen atoms in total. The third-order valence-electron chi connectivity index (χ3n) is 4.85. The third-order valence-corrected chi connectivity index (χ3v) is 7.23. The van der Waals surface area contributed by atoms with Gasteiger partial charge in [-0.1, -0.05) is 45.2 Å². The monoisotopic (exact) mass is 591 g/mol. The zero-order valence-electron chi connectivity index (χ0n) is 19.6. The number of nitrogens with zero attached hydrogens (tertiary/aromatic N) is 2. The minimum atomic E-state index is -3.81. The average molecular weight is 593 g/mol. The number of sulfonamides is 1. The highest BCUT2D eigenvalue weighted by Crippen LogP contribution is 2.27. The zero-order chi connectivity index (χ0) is 25.8. The molecule has 1 N–H and O–H groups in total. The van der Waals surface area contributed by atoms with Crippen LogP contribution in [0.25, 0.3) is 0 Å². The first kappa shape index (κ1) is 28.4. The fourth-order valence-corrected chi connectivity index (χ4v) is 4.76. The summed E-state index contributed by atoms with van der Waals surface area (Å²) in [5.41, 5.74) is 0.254. The smallest absolute Gasteiger partial charge is 0.244 e. The normalized spacial score (nSPS) is 12.7. The van der Waals surface area contributed by atoms with Crippen molar-refractivity contribution in [1.29, 1.82) is 0 Å². The Morgan fingerprint density at radius 1 is 1.06 bits per heavy atom. The number of amides is 2. The molecule has 0 bridgehead atoms. The number of rotatable bonds is 8. The fourth-order valence-electron chi connectivity index (χ4n) is 3.13. The van der Waals surface area contributed by atoms with E-state index in [1.54, 1.807) is 49.4 Å². The molecule has 0 spiro atoms. The highest BCUT2D eigenvalue weighted by molar-refractivity contribution is 9.10. The molecule has 2 rings (SSSR count). The second-order valence-electron chi connectivity index (χ2n) is 8.88. The van der Waals surface area contributed by atoms with E-state index in [9.17, 15) is 18.0 Å². The van der Waals surface area contributed by atoms with Crippen molar-refractivity contribution in [2.75, 3.05) is 17.1 Å². The van der Waals surface area contributed by atoms with Crippen molar-refractivity contribution in [3.8, 4) is 0 Å². The van der Waals surface area contributed by atoms with Crippen LogP contribution in [0.4, 0.5) is 5.69 Å². The van der Waals surface area contributed by atoms with Crippen molar-refractivity contribution in [1.82, 2.24) is 10.2 Å². The van der Waals surface area contributed by atoms with E-state index in [0.717, 1.165) is 15.0 Å². The highest BCUT2D eigenvalue weighted by Gasteiger charge is 2.32. The molecule has 0 heterocycles. The molecule has 0 fully saturated rings. The van der Waals surface area contributed by atoms with Crippen LogP contribution in [-0.2, 0) is 26.2 Å². The van der Waals surface area contributed by atoms with Gasteiger partial charge in [-0.3, -0.25) is 13.9 Å². The Morgan fingerprint density at radius 2 is 1.59 bits per heavy atom. The maximum absolute atomic E-state index is 13.5. The first-order valence-corrected chi connectivity index (χ1v) is 13.8. The molecule has 0 aliphatic heterocycles. The van der Waals surface area contributed by atoms with E-state index >= 15 is 0 Å². The minimum Gasteiger partial charge on any atom is -0.350 e. The molecular formula is C23H28BrCl2N3O4S. The van der Waals surface area contributed by atoms with E-state index in [4.69, 9.17) is 23.2 Å². The summed E-state index contributed by atoms with van der Waals surface area (Å²) in [5.74, 6) is -0.973. The summed E-state index contributed by atoms with van der Waals surface area (Å²) in [6.45, 7) is 6.48. The van der Waals surface area contributed by atoms with E-state index in [1.165, 1.54) is 4.90 Å². The quantitative estimate of drug-likeness (QED) is 0.474. The lowest BCUT2D eigenvalue weighted by Gasteiger charge is -2.33. The predicted octanol–water partition coefficient (Wildman–Crippen LogP) is 4.85. The van der Waals surface area contributed by atoms with Crippen molar-refractivity contribution in [2.24, 2.45) is 0 Å². The predicted molar refractivity (Wildman–Crippen MR) is 141 cm³/mol. The molecule has 2 amide bonds. The van der Waals surface area contributed by atoms with Gasteiger partial charge >= 0.3 is 0 Å². The molecule has 2 aromatic carbocycles. The topological polar surface area (TPSA) is 86.8 Å². The number of carbonyl (C=O) groups is 2. The van der Waals surface area contributed by atoms with Crippen LogP contribution in [-0.4, -0.2) is 49.5 Å². The van der Waals surface area contributed by atoms with E-state index in [2.05, 4.69) is 21.2 Å². The van der Waals surface area contributed by atoms with Crippen LogP contribution in [0.1, 0.15) is 33.3 Å². The number of nitrogens with one attached hydrogen (secondary N) is 1. The average Bonchev–Trinajstić information content (AvgIpc) is 2.70. The molecule has 1 atom stereocenters. The molecule has 186 valence electrons. The number of carbonyl (C=O) groups excluding carboxylic acids is 2. The molecule has 1 unspecified atom stereocenters. The van der Waals surface area contributed by atoms with E-state index in [0.29, 0.717) is 21.3 Å². The molecule has 0 aliphatic rings. The molecule has 0 saturated heterocycles. The van der Waals surface area contributed by atoms with Gasteiger partial charge in [0.2, 0.25) is 21.8 Å². The Bertz CT molecular complexity index is 1130. The van der Waals surface area contributed by atoms with Gasteiger partial charge in [0.1, 0.15) is 12.6 Å². The highest BCUT2D eigenvalue weighted by atomic mass is 79.9. The molecule has 0 aromatic heterocycles. The Kier molecular flexibility index (Phi) is 9.44. The molecule has 0 radical (unpaired) electrons. The van der Waals surface area contributed by atoms with Gasteiger partial charge in [0, 0.05) is 32.2 Å². The summed E-state index contributed by atoms with van der Waals surface area (Å²) in [5, 5.41) is 3.52. The maximum Gasteiger partial charge on any atom is 0.244 e. The zero-order valence-corrected chi connectivity index (χ0v) is 23.5. The van der Waals surface area contributed by atoms with Gasteiger partial charge in [-0.05, 0) is 64.1 Å². The van der Waals surface area contributed by atoms with Gasteiger partial charge in [0.05, 0.1) is 11.9 Å². The van der Waals surface area contributed by atoms with Gasteiger partial charge in [0.15, 0.2) is 0 Å². The Labute approximate surface area is 219 Å². The molecule has 0 saturated carbocycles. The van der Waals surface area contributed by atoms with Crippen LogP contribution >= 0.6 is 39.1 Å². The van der Waals surface area contributed by atoms with Gasteiger partial charge in [0.25, 0.3) is 0 Å². The third kappa shape index (κ3) is 7.86. The largest absolute Gasteiger partial charge is 0.350 e. The van der Waals surface area contributed by atoms with Crippen LogP contribution in [0.5, 0.6) is 0 Å². The van der Waals surface area contributed by atoms with Gasteiger partial charge in [-0.25, -0.2) is 8.42 Å². The second-order valence-corrected chi connectivity index (χ2v) is 12.5. The number of hydrogen-bond donors (Lipinski definition) is 1. The fraction of sp³-hybridized carbons (Fsp3) is 0.391. The number of anilines is 1. The Morgan fingerprint density at radius 3 is 2.06 bits per heavy atom. The van der Waals surface area contributed by atoms with Crippen LogP contribution in [0.15, 0.2) is 46.9 Å². The van der Waals surface area contributed by atoms with Gasteiger partial charge in [-0.15, -0.1) is 0 Å². The standard InChI is InChI=1S/C23H28BrCl2N3O4S/c1-15(22(31)27-23(2,3)4)28(13-18-19(25)7-6-8-20(18)26)21(30)14-29(34(5,32)33)17-11-9-16(24)10-12-17/h6-12,15H,13-14H2,1-5H3,(H,27,31). The summed E-state index contributed by atoms with van der Waals surface area (Å²) in [6, 6.07) is 10.6. The second kappa shape index (κ2) is 11.3. The molecular weight excluding hydrogens is 565 g/mol. The molecule has 0 aliphatic carbocycles.